The minimum absolute atomic E-state index is 0.0345. The fourth-order valence-electron chi connectivity index (χ4n) is 2.73. The van der Waals surface area contributed by atoms with Gasteiger partial charge in [-0.15, -0.1) is 0 Å². The summed E-state index contributed by atoms with van der Waals surface area (Å²) in [7, 11) is 1.51. The van der Waals surface area contributed by atoms with Crippen molar-refractivity contribution in [1.29, 1.82) is 0 Å². The van der Waals surface area contributed by atoms with E-state index in [1.807, 2.05) is 19.1 Å². The van der Waals surface area contributed by atoms with Gasteiger partial charge in [-0.25, -0.2) is 9.59 Å². The number of rotatable bonds is 8. The van der Waals surface area contributed by atoms with Gasteiger partial charge in [-0.2, -0.15) is 0 Å². The highest BCUT2D eigenvalue weighted by Crippen LogP contribution is 2.35. The van der Waals surface area contributed by atoms with Gasteiger partial charge < -0.3 is 18.6 Å². The third kappa shape index (κ3) is 4.85. The van der Waals surface area contributed by atoms with Crippen molar-refractivity contribution in [2.45, 2.75) is 19.8 Å². The molecular formula is C23H22O6. The second-order valence-electron chi connectivity index (χ2n) is 6.18. The van der Waals surface area contributed by atoms with Crippen LogP contribution in [0.5, 0.6) is 17.2 Å². The van der Waals surface area contributed by atoms with E-state index in [1.54, 1.807) is 48.5 Å². The van der Waals surface area contributed by atoms with Crippen LogP contribution in [0.2, 0.25) is 0 Å². The van der Waals surface area contributed by atoms with E-state index in [0.717, 1.165) is 6.42 Å². The first-order valence-corrected chi connectivity index (χ1v) is 9.34. The molecule has 6 nitrogen and oxygen atoms in total. The predicted octanol–water partition coefficient (Wildman–Crippen LogP) is 4.76. The molecule has 150 valence electrons. The lowest BCUT2D eigenvalue weighted by molar-refractivity contribution is 0.0729. The van der Waals surface area contributed by atoms with Crippen molar-refractivity contribution in [3.05, 3.63) is 76.7 Å². The van der Waals surface area contributed by atoms with Crippen LogP contribution in [0.1, 0.15) is 30.1 Å². The molecule has 0 N–H and O–H groups in total. The highest BCUT2D eigenvalue weighted by molar-refractivity contribution is 5.95. The zero-order chi connectivity index (χ0) is 20.6. The lowest BCUT2D eigenvalue weighted by Crippen LogP contribution is -2.15. The molecule has 3 aromatic rings. The number of allylic oxidation sites excluding steroid dienone is 1. The summed E-state index contributed by atoms with van der Waals surface area (Å²) in [5, 5.41) is 0.439. The SMILES string of the molecule is CC/C=C/CCOc1c(OC(=O)c2ccccc2)c2ccc(OC)cc2oc1=O. The Bertz CT molecular complexity index is 1070. The van der Waals surface area contributed by atoms with Gasteiger partial charge in [-0.05, 0) is 37.1 Å². The molecule has 0 spiro atoms. The van der Waals surface area contributed by atoms with Crippen molar-refractivity contribution in [1.82, 2.24) is 0 Å². The highest BCUT2D eigenvalue weighted by Gasteiger charge is 2.21. The van der Waals surface area contributed by atoms with E-state index in [2.05, 4.69) is 0 Å². The summed E-state index contributed by atoms with van der Waals surface area (Å²) in [5.74, 6) is -0.174. The first-order chi connectivity index (χ1) is 14.1. The fraction of sp³-hybridized carbons (Fsp3) is 0.217. The van der Waals surface area contributed by atoms with Crippen LogP contribution in [0.15, 0.2) is 69.9 Å². The van der Waals surface area contributed by atoms with Gasteiger partial charge in [-0.1, -0.05) is 37.3 Å². The molecular weight excluding hydrogens is 372 g/mol. The van der Waals surface area contributed by atoms with Gasteiger partial charge in [0.2, 0.25) is 5.75 Å². The van der Waals surface area contributed by atoms with Gasteiger partial charge in [0.05, 0.1) is 24.7 Å². The third-order valence-electron chi connectivity index (χ3n) is 4.17. The Morgan fingerprint density at radius 3 is 2.59 bits per heavy atom. The topological polar surface area (TPSA) is 75.0 Å². The van der Waals surface area contributed by atoms with Gasteiger partial charge in [0, 0.05) is 6.07 Å². The maximum absolute atomic E-state index is 12.6. The van der Waals surface area contributed by atoms with Crippen LogP contribution in [-0.2, 0) is 0 Å². The Kier molecular flexibility index (Phi) is 6.68. The first kappa shape index (κ1) is 20.2. The number of fused-ring (bicyclic) bond motifs is 1. The molecule has 6 heteroatoms. The molecule has 3 rings (SSSR count). The summed E-state index contributed by atoms with van der Waals surface area (Å²) in [6.07, 6.45) is 5.50. The van der Waals surface area contributed by atoms with Gasteiger partial charge >= 0.3 is 11.6 Å². The zero-order valence-corrected chi connectivity index (χ0v) is 16.3. The lowest BCUT2D eigenvalue weighted by Gasteiger charge is -2.13. The smallest absolute Gasteiger partial charge is 0.383 e. The molecule has 0 aliphatic heterocycles. The largest absolute Gasteiger partial charge is 0.497 e. The van der Waals surface area contributed by atoms with Crippen LogP contribution >= 0.6 is 0 Å². The molecule has 0 saturated carbocycles. The van der Waals surface area contributed by atoms with Gasteiger partial charge in [0.1, 0.15) is 11.3 Å². The minimum Gasteiger partial charge on any atom is -0.497 e. The van der Waals surface area contributed by atoms with Gasteiger partial charge in [0.25, 0.3) is 0 Å². The molecule has 0 saturated heterocycles. The summed E-state index contributed by atoms with van der Waals surface area (Å²) >= 11 is 0. The second-order valence-corrected chi connectivity index (χ2v) is 6.18. The van der Waals surface area contributed by atoms with Crippen LogP contribution in [0, 0.1) is 0 Å². The number of hydrogen-bond donors (Lipinski definition) is 0. The average molecular weight is 394 g/mol. The number of esters is 1. The van der Waals surface area contributed by atoms with Crippen molar-refractivity contribution in [3.8, 4) is 17.2 Å². The van der Waals surface area contributed by atoms with Crippen molar-refractivity contribution in [2.24, 2.45) is 0 Å². The molecule has 1 heterocycles. The highest BCUT2D eigenvalue weighted by atomic mass is 16.6. The summed E-state index contributed by atoms with van der Waals surface area (Å²) in [4.78, 5) is 25.2. The molecule has 0 bridgehead atoms. The summed E-state index contributed by atoms with van der Waals surface area (Å²) < 4.78 is 21.8. The Morgan fingerprint density at radius 2 is 1.86 bits per heavy atom. The van der Waals surface area contributed by atoms with Crippen LogP contribution in [0.25, 0.3) is 11.0 Å². The van der Waals surface area contributed by atoms with Gasteiger partial charge in [-0.3, -0.25) is 0 Å². The Labute approximate surface area is 168 Å². The van der Waals surface area contributed by atoms with Crippen molar-refractivity contribution in [3.63, 3.8) is 0 Å². The van der Waals surface area contributed by atoms with Gasteiger partial charge in [0.15, 0.2) is 5.75 Å². The summed E-state index contributed by atoms with van der Waals surface area (Å²) in [5.41, 5.74) is -0.122. The van der Waals surface area contributed by atoms with Crippen molar-refractivity contribution in [2.75, 3.05) is 13.7 Å². The Balaban J connectivity index is 2.01. The van der Waals surface area contributed by atoms with E-state index in [-0.39, 0.29) is 23.7 Å². The number of hydrogen-bond acceptors (Lipinski definition) is 6. The molecule has 0 aliphatic rings. The Morgan fingerprint density at radius 1 is 1.07 bits per heavy atom. The van der Waals surface area contributed by atoms with E-state index in [1.165, 1.54) is 7.11 Å². The fourth-order valence-corrected chi connectivity index (χ4v) is 2.73. The van der Waals surface area contributed by atoms with E-state index in [4.69, 9.17) is 18.6 Å². The maximum atomic E-state index is 12.6. The van der Waals surface area contributed by atoms with Crippen molar-refractivity contribution >= 4 is 16.9 Å². The van der Waals surface area contributed by atoms with E-state index in [0.29, 0.717) is 23.1 Å². The predicted molar refractivity (Wildman–Crippen MR) is 110 cm³/mol. The first-order valence-electron chi connectivity index (χ1n) is 9.34. The van der Waals surface area contributed by atoms with Crippen molar-refractivity contribution < 1.29 is 23.4 Å². The normalized spacial score (nSPS) is 11.0. The van der Waals surface area contributed by atoms with Crippen LogP contribution in [-0.4, -0.2) is 19.7 Å². The molecule has 1 aromatic heterocycles. The number of benzene rings is 2. The third-order valence-corrected chi connectivity index (χ3v) is 4.17. The Hall–Kier alpha value is -3.54. The summed E-state index contributed by atoms with van der Waals surface area (Å²) in [6.45, 7) is 2.28. The standard InChI is InChI=1S/C23H22O6/c1-3-4-5-9-14-27-21-20(29-22(24)16-10-7-6-8-11-16)18-13-12-17(26-2)15-19(18)28-23(21)25/h4-8,10-13,15H,3,9,14H2,1-2H3/b5-4+. The second kappa shape index (κ2) is 9.59. The molecule has 0 radical (unpaired) electrons. The minimum atomic E-state index is -0.721. The molecule has 0 fully saturated rings. The zero-order valence-electron chi connectivity index (χ0n) is 16.3. The van der Waals surface area contributed by atoms with Crippen LogP contribution in [0.4, 0.5) is 0 Å². The summed E-state index contributed by atoms with van der Waals surface area (Å²) in [6, 6.07) is 13.4. The molecule has 0 unspecified atom stereocenters. The monoisotopic (exact) mass is 394 g/mol. The van der Waals surface area contributed by atoms with E-state index >= 15 is 0 Å². The van der Waals surface area contributed by atoms with Crippen LogP contribution < -0.4 is 19.8 Å². The average Bonchev–Trinajstić information content (AvgIpc) is 2.75. The molecule has 2 aromatic carbocycles. The molecule has 0 amide bonds. The number of methoxy groups -OCH3 is 1. The molecule has 0 aliphatic carbocycles. The lowest BCUT2D eigenvalue weighted by atomic mass is 10.2. The number of carbonyl (C=O) groups is 1. The van der Waals surface area contributed by atoms with Crippen LogP contribution in [0.3, 0.4) is 0 Å². The molecule has 29 heavy (non-hydrogen) atoms. The van der Waals surface area contributed by atoms with E-state index in [9.17, 15) is 9.59 Å². The molecule has 0 atom stereocenters. The number of carbonyl (C=O) groups excluding carboxylic acids is 1. The quantitative estimate of drug-likeness (QED) is 0.237. The maximum Gasteiger partial charge on any atom is 0.383 e. The number of ether oxygens (including phenoxy) is 3. The van der Waals surface area contributed by atoms with E-state index < -0.39 is 11.6 Å².